The van der Waals surface area contributed by atoms with E-state index in [1.165, 1.54) is 0 Å². The minimum atomic E-state index is -3.93. The summed E-state index contributed by atoms with van der Waals surface area (Å²) in [4.78, 5) is 13.0. The third kappa shape index (κ3) is 6.60. The Bertz CT molecular complexity index is 472. The van der Waals surface area contributed by atoms with E-state index in [0.717, 1.165) is 0 Å². The SMILES string of the molecule is CCOC(=O)NS(=O)(=O)NC1CCN(CC(N)=NO)CC1. The number of carbonyl (C=O) groups is 1. The number of nitrogens with zero attached hydrogens (tertiary/aromatic N) is 2. The molecule has 21 heavy (non-hydrogen) atoms. The van der Waals surface area contributed by atoms with Crippen molar-refractivity contribution in [2.75, 3.05) is 26.2 Å². The Balaban J connectivity index is 2.39. The lowest BCUT2D eigenvalue weighted by Crippen LogP contribution is -2.50. The van der Waals surface area contributed by atoms with Crippen LogP contribution in [0.15, 0.2) is 5.16 Å². The Labute approximate surface area is 123 Å². The van der Waals surface area contributed by atoms with E-state index in [4.69, 9.17) is 10.9 Å². The number of ether oxygens (including phenoxy) is 1. The largest absolute Gasteiger partial charge is 0.449 e. The fourth-order valence-corrected chi connectivity index (χ4v) is 3.00. The molecule has 1 saturated heterocycles. The molecule has 5 N–H and O–H groups in total. The van der Waals surface area contributed by atoms with Crippen LogP contribution in [-0.4, -0.2) is 62.7 Å². The van der Waals surface area contributed by atoms with Crippen LogP contribution in [-0.2, 0) is 14.9 Å². The first-order chi connectivity index (χ1) is 9.86. The minimum Gasteiger partial charge on any atom is -0.449 e. The Morgan fingerprint density at radius 1 is 1.48 bits per heavy atom. The first-order valence-electron chi connectivity index (χ1n) is 6.52. The summed E-state index contributed by atoms with van der Waals surface area (Å²) < 4.78 is 32.0. The number of amides is 1. The normalized spacial score (nSPS) is 18.4. The second-order valence-corrected chi connectivity index (χ2v) is 6.03. The predicted octanol–water partition coefficient (Wildman–Crippen LogP) is -1.22. The van der Waals surface area contributed by atoms with Crippen molar-refractivity contribution in [2.45, 2.75) is 25.8 Å². The van der Waals surface area contributed by atoms with E-state index < -0.39 is 16.3 Å². The number of piperidine rings is 1. The lowest BCUT2D eigenvalue weighted by Gasteiger charge is -2.31. The van der Waals surface area contributed by atoms with Crippen molar-refractivity contribution in [3.05, 3.63) is 0 Å². The fraction of sp³-hybridized carbons (Fsp3) is 0.800. The van der Waals surface area contributed by atoms with Gasteiger partial charge in [-0.25, -0.2) is 9.52 Å². The van der Waals surface area contributed by atoms with Gasteiger partial charge in [0.25, 0.3) is 0 Å². The summed E-state index contributed by atoms with van der Waals surface area (Å²) in [5.41, 5.74) is 5.41. The standard InChI is InChI=1S/C10H21N5O5S/c1-2-20-10(16)14-21(18,19)13-8-3-5-15(6-4-8)7-9(11)12-17/h8,13,17H,2-7H2,1H3,(H2,11,12)(H,14,16). The smallest absolute Gasteiger partial charge is 0.421 e. The van der Waals surface area contributed by atoms with Gasteiger partial charge in [-0.05, 0) is 19.8 Å². The van der Waals surface area contributed by atoms with Crippen molar-refractivity contribution >= 4 is 22.1 Å². The van der Waals surface area contributed by atoms with Gasteiger partial charge in [0.15, 0.2) is 5.84 Å². The Kier molecular flexibility index (Phi) is 6.65. The maximum Gasteiger partial charge on any atom is 0.421 e. The van der Waals surface area contributed by atoms with Gasteiger partial charge in [0.05, 0.1) is 13.2 Å². The Morgan fingerprint density at radius 3 is 2.62 bits per heavy atom. The molecule has 1 fully saturated rings. The summed E-state index contributed by atoms with van der Waals surface area (Å²) in [7, 11) is -3.93. The molecule has 0 aromatic rings. The summed E-state index contributed by atoms with van der Waals surface area (Å²) in [5.74, 6) is 0.109. The van der Waals surface area contributed by atoms with E-state index >= 15 is 0 Å². The third-order valence-corrected chi connectivity index (χ3v) is 4.00. The molecule has 10 nitrogen and oxygen atoms in total. The zero-order valence-electron chi connectivity index (χ0n) is 11.8. The van der Waals surface area contributed by atoms with Gasteiger partial charge in [-0.1, -0.05) is 5.16 Å². The highest BCUT2D eigenvalue weighted by Crippen LogP contribution is 2.10. The number of nitrogens with two attached hydrogens (primary N) is 1. The summed E-state index contributed by atoms with van der Waals surface area (Å²) in [6.45, 7) is 3.20. The number of amidine groups is 1. The molecule has 0 radical (unpaired) electrons. The third-order valence-electron chi connectivity index (χ3n) is 2.92. The van der Waals surface area contributed by atoms with Crippen molar-refractivity contribution in [1.29, 1.82) is 0 Å². The molecule has 1 amide bonds. The van der Waals surface area contributed by atoms with Crippen molar-refractivity contribution in [1.82, 2.24) is 14.3 Å². The molecular formula is C10H21N5O5S. The van der Waals surface area contributed by atoms with Gasteiger partial charge in [0.2, 0.25) is 0 Å². The van der Waals surface area contributed by atoms with Crippen LogP contribution in [0.3, 0.4) is 0 Å². The number of hydrogen-bond donors (Lipinski definition) is 4. The molecule has 11 heteroatoms. The first kappa shape index (κ1) is 17.5. The first-order valence-corrected chi connectivity index (χ1v) is 8.00. The van der Waals surface area contributed by atoms with Crippen LogP contribution >= 0.6 is 0 Å². The number of hydrogen-bond acceptors (Lipinski definition) is 7. The maximum absolute atomic E-state index is 11.7. The fourth-order valence-electron chi connectivity index (χ4n) is 1.99. The van der Waals surface area contributed by atoms with Crippen molar-refractivity contribution < 1.29 is 23.2 Å². The van der Waals surface area contributed by atoms with Crippen LogP contribution < -0.4 is 15.2 Å². The molecular weight excluding hydrogens is 302 g/mol. The molecule has 0 atom stereocenters. The van der Waals surface area contributed by atoms with Crippen LogP contribution in [0.1, 0.15) is 19.8 Å². The van der Waals surface area contributed by atoms with E-state index in [2.05, 4.69) is 14.6 Å². The average Bonchev–Trinajstić information content (AvgIpc) is 2.40. The van der Waals surface area contributed by atoms with Crippen LogP contribution in [0.25, 0.3) is 0 Å². The molecule has 1 rings (SSSR count). The van der Waals surface area contributed by atoms with E-state index in [1.54, 1.807) is 11.6 Å². The monoisotopic (exact) mass is 323 g/mol. The summed E-state index contributed by atoms with van der Waals surface area (Å²) in [6, 6.07) is -0.277. The van der Waals surface area contributed by atoms with Gasteiger partial charge in [-0.3, -0.25) is 4.90 Å². The molecule has 0 aromatic carbocycles. The highest BCUT2D eigenvalue weighted by atomic mass is 32.2. The summed E-state index contributed by atoms with van der Waals surface area (Å²) in [5, 5.41) is 11.4. The van der Waals surface area contributed by atoms with Crippen LogP contribution in [0.5, 0.6) is 0 Å². The molecule has 1 heterocycles. The molecule has 0 aromatic heterocycles. The minimum absolute atomic E-state index is 0.0908. The molecule has 0 unspecified atom stereocenters. The van der Waals surface area contributed by atoms with E-state index in [1.807, 2.05) is 4.90 Å². The quantitative estimate of drug-likeness (QED) is 0.207. The van der Waals surface area contributed by atoms with Crippen molar-refractivity contribution in [3.63, 3.8) is 0 Å². The van der Waals surface area contributed by atoms with E-state index in [9.17, 15) is 13.2 Å². The molecule has 0 bridgehead atoms. The second kappa shape index (κ2) is 8.00. The molecule has 1 aliphatic heterocycles. The van der Waals surface area contributed by atoms with Crippen LogP contribution in [0, 0.1) is 0 Å². The Morgan fingerprint density at radius 2 is 2.10 bits per heavy atom. The molecule has 1 aliphatic rings. The molecule has 0 spiro atoms. The van der Waals surface area contributed by atoms with Gasteiger partial charge in [-0.2, -0.15) is 13.1 Å². The highest BCUT2D eigenvalue weighted by molar-refractivity contribution is 7.88. The van der Waals surface area contributed by atoms with Crippen molar-refractivity contribution in [2.24, 2.45) is 10.9 Å². The van der Waals surface area contributed by atoms with Gasteiger partial charge < -0.3 is 15.7 Å². The average molecular weight is 323 g/mol. The number of oxime groups is 1. The molecule has 0 saturated carbocycles. The van der Waals surface area contributed by atoms with Gasteiger partial charge in [0.1, 0.15) is 0 Å². The van der Waals surface area contributed by atoms with E-state index in [0.29, 0.717) is 32.5 Å². The topological polar surface area (TPSA) is 146 Å². The van der Waals surface area contributed by atoms with Gasteiger partial charge in [-0.15, -0.1) is 0 Å². The zero-order chi connectivity index (χ0) is 15.9. The predicted molar refractivity (Wildman–Crippen MR) is 75.1 cm³/mol. The zero-order valence-corrected chi connectivity index (χ0v) is 12.6. The van der Waals surface area contributed by atoms with Crippen LogP contribution in [0.2, 0.25) is 0 Å². The number of rotatable bonds is 6. The van der Waals surface area contributed by atoms with Crippen molar-refractivity contribution in [3.8, 4) is 0 Å². The number of nitrogens with one attached hydrogen (secondary N) is 2. The van der Waals surface area contributed by atoms with E-state index in [-0.39, 0.29) is 18.5 Å². The molecule has 0 aliphatic carbocycles. The maximum atomic E-state index is 11.7. The van der Waals surface area contributed by atoms with Gasteiger partial charge >= 0.3 is 16.3 Å². The number of likely N-dealkylation sites (tertiary alicyclic amines) is 1. The lowest BCUT2D eigenvalue weighted by atomic mass is 10.1. The Hall–Kier alpha value is -1.59. The van der Waals surface area contributed by atoms with Gasteiger partial charge in [0, 0.05) is 19.1 Å². The summed E-state index contributed by atoms with van der Waals surface area (Å²) in [6.07, 6.45) is 0.111. The summed E-state index contributed by atoms with van der Waals surface area (Å²) >= 11 is 0. The molecule has 122 valence electrons. The highest BCUT2D eigenvalue weighted by Gasteiger charge is 2.25. The number of carbonyl (C=O) groups excluding carboxylic acids is 1. The lowest BCUT2D eigenvalue weighted by molar-refractivity contribution is 0.158. The van der Waals surface area contributed by atoms with Crippen LogP contribution in [0.4, 0.5) is 4.79 Å². The second-order valence-electron chi connectivity index (χ2n) is 4.59.